The van der Waals surface area contributed by atoms with Gasteiger partial charge in [0.05, 0.1) is 24.6 Å². The minimum atomic E-state index is -0.718. The van der Waals surface area contributed by atoms with E-state index >= 15 is 0 Å². The number of ether oxygens (including phenoxy) is 2. The number of hydrogen-bond acceptors (Lipinski definition) is 5. The van der Waals surface area contributed by atoms with E-state index in [1.807, 2.05) is 0 Å². The second-order valence-electron chi connectivity index (χ2n) is 5.23. The average molecular weight is 347 g/mol. The number of methoxy groups -OCH3 is 1. The maximum absolute atomic E-state index is 13.5. The highest BCUT2D eigenvalue weighted by atomic mass is 19.1. The Morgan fingerprint density at radius 2 is 1.92 bits per heavy atom. The molecule has 3 rings (SSSR count). The zero-order chi connectivity index (χ0) is 18.0. The molecular formula is C17H15F2N3O3. The normalized spacial score (nSPS) is 11.0. The first-order valence-corrected chi connectivity index (χ1v) is 7.53. The van der Waals surface area contributed by atoms with Crippen molar-refractivity contribution < 1.29 is 23.0 Å². The fourth-order valence-corrected chi connectivity index (χ4v) is 2.48. The van der Waals surface area contributed by atoms with Gasteiger partial charge in [-0.05, 0) is 25.1 Å². The van der Waals surface area contributed by atoms with Crippen molar-refractivity contribution in [2.45, 2.75) is 13.5 Å². The van der Waals surface area contributed by atoms with Gasteiger partial charge in [0.15, 0.2) is 11.3 Å². The molecule has 3 aromatic rings. The number of benzene rings is 1. The van der Waals surface area contributed by atoms with Crippen LogP contribution >= 0.6 is 0 Å². The summed E-state index contributed by atoms with van der Waals surface area (Å²) in [5.74, 6) is -2.06. The van der Waals surface area contributed by atoms with E-state index in [4.69, 9.17) is 9.47 Å². The van der Waals surface area contributed by atoms with Gasteiger partial charge in [0.2, 0.25) is 0 Å². The maximum Gasteiger partial charge on any atom is 0.360 e. The fraction of sp³-hybridized carbons (Fsp3) is 0.235. The number of hydrogen-bond donors (Lipinski definition) is 0. The number of halogens is 2. The van der Waals surface area contributed by atoms with Crippen LogP contribution in [-0.4, -0.2) is 34.1 Å². The van der Waals surface area contributed by atoms with E-state index in [0.29, 0.717) is 11.4 Å². The molecular weight excluding hydrogens is 332 g/mol. The highest BCUT2D eigenvalue weighted by Gasteiger charge is 2.19. The van der Waals surface area contributed by atoms with Crippen molar-refractivity contribution in [2.75, 3.05) is 13.7 Å². The molecule has 0 fully saturated rings. The molecule has 0 N–H and O–H groups in total. The highest BCUT2D eigenvalue weighted by molar-refractivity contribution is 5.94. The summed E-state index contributed by atoms with van der Waals surface area (Å²) in [5, 5.41) is 0. The molecule has 0 aliphatic carbocycles. The minimum absolute atomic E-state index is 0.0259. The van der Waals surface area contributed by atoms with Crippen LogP contribution in [0.25, 0.3) is 16.9 Å². The smallest absolute Gasteiger partial charge is 0.360 e. The van der Waals surface area contributed by atoms with Crippen molar-refractivity contribution >= 4 is 11.6 Å². The summed E-state index contributed by atoms with van der Waals surface area (Å²) < 4.78 is 38.8. The number of fused-ring (bicyclic) bond motifs is 1. The third-order valence-corrected chi connectivity index (χ3v) is 3.50. The fourth-order valence-electron chi connectivity index (χ4n) is 2.48. The van der Waals surface area contributed by atoms with Gasteiger partial charge in [0.25, 0.3) is 0 Å². The first-order chi connectivity index (χ1) is 12.0. The Morgan fingerprint density at radius 3 is 2.56 bits per heavy atom. The SMILES string of the molecule is CCOC(=O)c1ncn2c(COC)cc(-c3cc(F)cc(F)c3)nc12. The summed E-state index contributed by atoms with van der Waals surface area (Å²) in [4.78, 5) is 20.4. The Kier molecular flexibility index (Phi) is 4.71. The third-order valence-electron chi connectivity index (χ3n) is 3.50. The molecule has 8 heteroatoms. The summed E-state index contributed by atoms with van der Waals surface area (Å²) >= 11 is 0. The Bertz CT molecular complexity index is 920. The monoisotopic (exact) mass is 347 g/mol. The topological polar surface area (TPSA) is 65.7 Å². The third kappa shape index (κ3) is 3.34. The van der Waals surface area contributed by atoms with Gasteiger partial charge in [-0.25, -0.2) is 23.5 Å². The van der Waals surface area contributed by atoms with Gasteiger partial charge in [-0.3, -0.25) is 4.40 Å². The van der Waals surface area contributed by atoms with Gasteiger partial charge in [-0.2, -0.15) is 0 Å². The highest BCUT2D eigenvalue weighted by Crippen LogP contribution is 2.24. The molecule has 0 aliphatic heterocycles. The van der Waals surface area contributed by atoms with Crippen molar-refractivity contribution in [1.82, 2.24) is 14.4 Å². The Hall–Kier alpha value is -2.87. The van der Waals surface area contributed by atoms with Crippen LogP contribution in [0.3, 0.4) is 0 Å². The second-order valence-corrected chi connectivity index (χ2v) is 5.23. The Balaban J connectivity index is 2.22. The van der Waals surface area contributed by atoms with Crippen molar-refractivity contribution in [2.24, 2.45) is 0 Å². The number of imidazole rings is 1. The summed E-state index contributed by atoms with van der Waals surface area (Å²) in [6, 6.07) is 4.74. The Morgan fingerprint density at radius 1 is 1.20 bits per heavy atom. The molecule has 0 radical (unpaired) electrons. The van der Waals surface area contributed by atoms with Crippen LogP contribution in [0.2, 0.25) is 0 Å². The molecule has 0 spiro atoms. The number of rotatable bonds is 5. The van der Waals surface area contributed by atoms with E-state index < -0.39 is 17.6 Å². The van der Waals surface area contributed by atoms with E-state index in [9.17, 15) is 13.6 Å². The van der Waals surface area contributed by atoms with Gasteiger partial charge in [-0.15, -0.1) is 0 Å². The van der Waals surface area contributed by atoms with E-state index in [0.717, 1.165) is 6.07 Å². The molecule has 2 heterocycles. The molecule has 25 heavy (non-hydrogen) atoms. The van der Waals surface area contributed by atoms with Crippen LogP contribution in [0.15, 0.2) is 30.6 Å². The van der Waals surface area contributed by atoms with Crippen molar-refractivity contribution in [3.63, 3.8) is 0 Å². The zero-order valence-electron chi connectivity index (χ0n) is 13.6. The first kappa shape index (κ1) is 17.0. The van der Waals surface area contributed by atoms with Crippen molar-refractivity contribution in [1.29, 1.82) is 0 Å². The van der Waals surface area contributed by atoms with E-state index in [-0.39, 0.29) is 30.1 Å². The minimum Gasteiger partial charge on any atom is -0.461 e. The molecule has 0 unspecified atom stereocenters. The van der Waals surface area contributed by atoms with E-state index in [1.54, 1.807) is 17.4 Å². The molecule has 2 aromatic heterocycles. The van der Waals surface area contributed by atoms with Crippen LogP contribution in [0.4, 0.5) is 8.78 Å². The predicted octanol–water partition coefficient (Wildman–Crippen LogP) is 3.00. The predicted molar refractivity (Wildman–Crippen MR) is 85.0 cm³/mol. The second kappa shape index (κ2) is 6.94. The Labute approximate surface area is 142 Å². The maximum atomic E-state index is 13.5. The lowest BCUT2D eigenvalue weighted by atomic mass is 10.1. The van der Waals surface area contributed by atoms with E-state index in [2.05, 4.69) is 9.97 Å². The van der Waals surface area contributed by atoms with E-state index in [1.165, 1.54) is 25.6 Å². The number of nitrogens with zero attached hydrogens (tertiary/aromatic N) is 3. The lowest BCUT2D eigenvalue weighted by molar-refractivity contribution is 0.0522. The average Bonchev–Trinajstić information content (AvgIpc) is 2.98. The molecule has 0 saturated heterocycles. The molecule has 130 valence electrons. The first-order valence-electron chi connectivity index (χ1n) is 7.53. The summed E-state index contributed by atoms with van der Waals surface area (Å²) in [6.45, 7) is 2.07. The summed E-state index contributed by atoms with van der Waals surface area (Å²) in [6.07, 6.45) is 1.43. The lowest BCUT2D eigenvalue weighted by Gasteiger charge is -2.09. The van der Waals surface area contributed by atoms with Crippen molar-refractivity contribution in [3.05, 3.63) is 53.6 Å². The zero-order valence-corrected chi connectivity index (χ0v) is 13.6. The number of carbonyl (C=O) groups is 1. The molecule has 0 saturated carbocycles. The largest absolute Gasteiger partial charge is 0.461 e. The lowest BCUT2D eigenvalue weighted by Crippen LogP contribution is -2.08. The quantitative estimate of drug-likeness (QED) is 0.664. The molecule has 1 aromatic carbocycles. The standard InChI is InChI=1S/C17H15F2N3O3/c1-3-25-17(23)15-16-21-14(10-4-11(18)6-12(19)5-10)7-13(8-24-2)22(16)9-20-15/h4-7,9H,3,8H2,1-2H3. The van der Waals surface area contributed by atoms with Crippen LogP contribution < -0.4 is 0 Å². The molecule has 0 aliphatic rings. The molecule has 0 bridgehead atoms. The van der Waals surface area contributed by atoms with Crippen molar-refractivity contribution in [3.8, 4) is 11.3 Å². The summed E-state index contributed by atoms with van der Waals surface area (Å²) in [5.41, 5.74) is 1.41. The van der Waals surface area contributed by atoms with Gasteiger partial charge < -0.3 is 9.47 Å². The van der Waals surface area contributed by atoms with Crippen LogP contribution in [0.1, 0.15) is 23.1 Å². The van der Waals surface area contributed by atoms with Crippen LogP contribution in [-0.2, 0) is 16.1 Å². The molecule has 0 atom stereocenters. The van der Waals surface area contributed by atoms with Gasteiger partial charge in [-0.1, -0.05) is 0 Å². The van der Waals surface area contributed by atoms with Gasteiger partial charge in [0, 0.05) is 18.7 Å². The van der Waals surface area contributed by atoms with Gasteiger partial charge >= 0.3 is 5.97 Å². The number of carbonyl (C=O) groups excluding carboxylic acids is 1. The van der Waals surface area contributed by atoms with Crippen LogP contribution in [0, 0.1) is 11.6 Å². The van der Waals surface area contributed by atoms with Crippen LogP contribution in [0.5, 0.6) is 0 Å². The van der Waals surface area contributed by atoms with Gasteiger partial charge in [0.1, 0.15) is 18.0 Å². The molecule has 0 amide bonds. The number of esters is 1. The number of aromatic nitrogens is 3. The molecule has 6 nitrogen and oxygen atoms in total. The summed E-state index contributed by atoms with van der Waals surface area (Å²) in [7, 11) is 1.51.